The number of benzene rings is 2. The summed E-state index contributed by atoms with van der Waals surface area (Å²) in [6, 6.07) is 13.7. The van der Waals surface area contributed by atoms with Crippen LogP contribution in [0.1, 0.15) is 31.7 Å². The van der Waals surface area contributed by atoms with E-state index in [4.69, 9.17) is 17.0 Å². The number of rotatable bonds is 8. The van der Waals surface area contributed by atoms with E-state index in [9.17, 15) is 4.39 Å². The van der Waals surface area contributed by atoms with Crippen molar-refractivity contribution in [2.24, 2.45) is 5.10 Å². The first kappa shape index (κ1) is 19.0. The summed E-state index contributed by atoms with van der Waals surface area (Å²) in [5, 5.41) is 11.3. The van der Waals surface area contributed by atoms with Crippen LogP contribution in [-0.4, -0.2) is 27.7 Å². The van der Waals surface area contributed by atoms with Gasteiger partial charge >= 0.3 is 0 Å². The van der Waals surface area contributed by atoms with Gasteiger partial charge in [-0.05, 0) is 72.7 Å². The molecule has 7 heteroatoms. The van der Waals surface area contributed by atoms with E-state index in [-0.39, 0.29) is 5.82 Å². The molecule has 0 saturated carbocycles. The van der Waals surface area contributed by atoms with Crippen LogP contribution in [0.2, 0.25) is 0 Å². The molecular formula is C20H21FN4OS. The Labute approximate surface area is 162 Å². The zero-order chi connectivity index (χ0) is 19.1. The van der Waals surface area contributed by atoms with E-state index >= 15 is 0 Å². The molecule has 0 unspecified atom stereocenters. The monoisotopic (exact) mass is 384 g/mol. The van der Waals surface area contributed by atoms with Crippen LogP contribution in [0.4, 0.5) is 4.39 Å². The minimum Gasteiger partial charge on any atom is -0.494 e. The van der Waals surface area contributed by atoms with Crippen LogP contribution >= 0.6 is 12.2 Å². The molecule has 0 bridgehead atoms. The number of hydrogen-bond donors (Lipinski definition) is 1. The molecule has 0 aliphatic heterocycles. The molecular weight excluding hydrogens is 363 g/mol. The molecule has 1 heterocycles. The van der Waals surface area contributed by atoms with Gasteiger partial charge in [0.1, 0.15) is 11.6 Å². The first-order chi connectivity index (χ1) is 13.2. The van der Waals surface area contributed by atoms with Crippen molar-refractivity contribution >= 4 is 18.4 Å². The Morgan fingerprint density at radius 1 is 1.15 bits per heavy atom. The van der Waals surface area contributed by atoms with Crippen molar-refractivity contribution in [3.05, 3.63) is 64.7 Å². The Kier molecular flexibility index (Phi) is 6.49. The molecule has 5 nitrogen and oxygen atoms in total. The smallest absolute Gasteiger partial charge is 0.216 e. The number of H-pyrrole nitrogens is 1. The van der Waals surface area contributed by atoms with Gasteiger partial charge in [-0.3, -0.25) is 0 Å². The number of halogens is 1. The van der Waals surface area contributed by atoms with Crippen LogP contribution in [-0.2, 0) is 0 Å². The fourth-order valence-electron chi connectivity index (χ4n) is 2.50. The molecule has 0 amide bonds. The lowest BCUT2D eigenvalue weighted by molar-refractivity contribution is 0.306. The molecule has 0 radical (unpaired) electrons. The summed E-state index contributed by atoms with van der Waals surface area (Å²) < 4.78 is 20.7. The van der Waals surface area contributed by atoms with E-state index in [1.54, 1.807) is 18.3 Å². The molecule has 3 aromatic rings. The molecule has 0 fully saturated rings. The predicted molar refractivity (Wildman–Crippen MR) is 107 cm³/mol. The van der Waals surface area contributed by atoms with Gasteiger partial charge in [-0.1, -0.05) is 19.8 Å². The van der Waals surface area contributed by atoms with E-state index in [2.05, 4.69) is 22.2 Å². The normalized spacial score (nSPS) is 11.2. The average molecular weight is 384 g/mol. The van der Waals surface area contributed by atoms with Gasteiger partial charge in [0.15, 0.2) is 5.82 Å². The lowest BCUT2D eigenvalue weighted by Gasteiger charge is -2.05. The third kappa shape index (κ3) is 5.10. The topological polar surface area (TPSA) is 55.2 Å². The zero-order valence-corrected chi connectivity index (χ0v) is 15.9. The van der Waals surface area contributed by atoms with Gasteiger partial charge in [0, 0.05) is 5.56 Å². The number of hydrogen-bond acceptors (Lipinski definition) is 4. The quantitative estimate of drug-likeness (QED) is 0.330. The molecule has 0 spiro atoms. The molecule has 0 saturated heterocycles. The van der Waals surface area contributed by atoms with Crippen LogP contribution < -0.4 is 4.74 Å². The lowest BCUT2D eigenvalue weighted by Crippen LogP contribution is -1.97. The summed E-state index contributed by atoms with van der Waals surface area (Å²) in [5.74, 6) is 1.06. The van der Waals surface area contributed by atoms with Gasteiger partial charge in [0.25, 0.3) is 0 Å². The molecule has 0 atom stereocenters. The van der Waals surface area contributed by atoms with E-state index in [1.165, 1.54) is 29.7 Å². The van der Waals surface area contributed by atoms with Crippen LogP contribution in [0.25, 0.3) is 11.4 Å². The Bertz CT molecular complexity index is 945. The fraction of sp³-hybridized carbons (Fsp3) is 0.250. The number of nitrogens with zero attached hydrogens (tertiary/aromatic N) is 3. The van der Waals surface area contributed by atoms with Crippen LogP contribution in [0.5, 0.6) is 5.75 Å². The fourth-order valence-corrected chi connectivity index (χ4v) is 2.68. The summed E-state index contributed by atoms with van der Waals surface area (Å²) in [6.45, 7) is 2.90. The molecule has 1 aromatic heterocycles. The van der Waals surface area contributed by atoms with Crippen molar-refractivity contribution in [1.29, 1.82) is 0 Å². The molecule has 2 aromatic carbocycles. The summed E-state index contributed by atoms with van der Waals surface area (Å²) >= 11 is 5.24. The van der Waals surface area contributed by atoms with Gasteiger partial charge in [0.05, 0.1) is 12.8 Å². The first-order valence-electron chi connectivity index (χ1n) is 8.88. The molecule has 0 aliphatic carbocycles. The maximum atomic E-state index is 13.1. The summed E-state index contributed by atoms with van der Waals surface area (Å²) in [7, 11) is 0. The molecule has 1 N–H and O–H groups in total. The second-order valence-corrected chi connectivity index (χ2v) is 6.43. The molecule has 140 valence electrons. The largest absolute Gasteiger partial charge is 0.494 e. The van der Waals surface area contributed by atoms with E-state index in [1.807, 2.05) is 24.3 Å². The second-order valence-electron chi connectivity index (χ2n) is 6.04. The van der Waals surface area contributed by atoms with E-state index in [0.717, 1.165) is 29.9 Å². The highest BCUT2D eigenvalue weighted by Gasteiger charge is 2.08. The molecule has 3 rings (SSSR count). The van der Waals surface area contributed by atoms with Crippen LogP contribution in [0.15, 0.2) is 53.6 Å². The van der Waals surface area contributed by atoms with Crippen molar-refractivity contribution < 1.29 is 9.13 Å². The second kappa shape index (κ2) is 9.23. The predicted octanol–water partition coefficient (Wildman–Crippen LogP) is 5.20. The Morgan fingerprint density at radius 2 is 1.89 bits per heavy atom. The third-order valence-corrected chi connectivity index (χ3v) is 4.24. The number of ether oxygens (including phenoxy) is 1. The number of nitrogens with one attached hydrogen (secondary N) is 1. The van der Waals surface area contributed by atoms with Crippen LogP contribution in [0, 0.1) is 10.6 Å². The van der Waals surface area contributed by atoms with Crippen molar-refractivity contribution in [2.45, 2.75) is 26.2 Å². The SMILES string of the molecule is CCCCCOc1ccc(C=Nn2c(-c3ccc(F)cc3)n[nH]c2=S)cc1. The maximum Gasteiger partial charge on any atom is 0.216 e. The highest BCUT2D eigenvalue weighted by molar-refractivity contribution is 7.71. The minimum absolute atomic E-state index is 0.306. The standard InChI is InChI=1S/C20H21FN4OS/c1-2-3-4-13-26-18-11-5-15(6-12-18)14-22-25-19(23-24-20(25)27)16-7-9-17(21)10-8-16/h5-12,14H,2-4,13H2,1H3,(H,24,27). The average Bonchev–Trinajstić information content (AvgIpc) is 3.06. The third-order valence-electron chi connectivity index (χ3n) is 3.97. The number of unbranched alkanes of at least 4 members (excludes halogenated alkanes) is 2. The highest BCUT2D eigenvalue weighted by atomic mass is 32.1. The summed E-state index contributed by atoms with van der Waals surface area (Å²) in [4.78, 5) is 0. The van der Waals surface area contributed by atoms with Gasteiger partial charge in [-0.25, -0.2) is 9.49 Å². The first-order valence-corrected chi connectivity index (χ1v) is 9.29. The Hall–Kier alpha value is -2.80. The minimum atomic E-state index is -0.306. The Balaban J connectivity index is 1.72. The molecule has 0 aliphatic rings. The van der Waals surface area contributed by atoms with Gasteiger partial charge in [-0.15, -0.1) is 0 Å². The lowest BCUT2D eigenvalue weighted by atomic mass is 10.2. The Morgan fingerprint density at radius 3 is 2.59 bits per heavy atom. The summed E-state index contributed by atoms with van der Waals surface area (Å²) in [6.07, 6.45) is 5.10. The van der Waals surface area contributed by atoms with Gasteiger partial charge in [0.2, 0.25) is 4.77 Å². The van der Waals surface area contributed by atoms with Gasteiger partial charge < -0.3 is 4.74 Å². The van der Waals surface area contributed by atoms with Crippen LogP contribution in [0.3, 0.4) is 0 Å². The molecule has 27 heavy (non-hydrogen) atoms. The van der Waals surface area contributed by atoms with E-state index < -0.39 is 0 Å². The van der Waals surface area contributed by atoms with Crippen molar-refractivity contribution in [3.8, 4) is 17.1 Å². The number of aromatic nitrogens is 3. The maximum absolute atomic E-state index is 13.1. The number of aromatic amines is 1. The highest BCUT2D eigenvalue weighted by Crippen LogP contribution is 2.18. The van der Waals surface area contributed by atoms with Crippen molar-refractivity contribution in [2.75, 3.05) is 6.61 Å². The zero-order valence-electron chi connectivity index (χ0n) is 15.1. The van der Waals surface area contributed by atoms with Crippen molar-refractivity contribution in [3.63, 3.8) is 0 Å². The van der Waals surface area contributed by atoms with Crippen molar-refractivity contribution in [1.82, 2.24) is 14.9 Å². The summed E-state index contributed by atoms with van der Waals surface area (Å²) in [5.41, 5.74) is 1.63. The van der Waals surface area contributed by atoms with Gasteiger partial charge in [-0.2, -0.15) is 14.9 Å². The van der Waals surface area contributed by atoms with E-state index in [0.29, 0.717) is 10.6 Å².